The third kappa shape index (κ3) is 4.04. The van der Waals surface area contributed by atoms with E-state index in [0.29, 0.717) is 0 Å². The highest BCUT2D eigenvalue weighted by atomic mass is 16.5. The first-order valence-corrected chi connectivity index (χ1v) is 6.61. The number of methoxy groups -OCH3 is 1. The van der Waals surface area contributed by atoms with Crippen molar-refractivity contribution in [3.05, 3.63) is 0 Å². The minimum Gasteiger partial charge on any atom is -0.394 e. The van der Waals surface area contributed by atoms with Gasteiger partial charge in [0.05, 0.1) is 13.2 Å². The fourth-order valence-corrected chi connectivity index (χ4v) is 2.70. The summed E-state index contributed by atoms with van der Waals surface area (Å²) >= 11 is 0. The Bertz CT molecular complexity index is 187. The van der Waals surface area contributed by atoms with Crippen molar-refractivity contribution in [1.82, 2.24) is 5.32 Å². The Balaban J connectivity index is 2.44. The Kier molecular flexibility index (Phi) is 6.32. The summed E-state index contributed by atoms with van der Waals surface area (Å²) < 4.78 is 5.05. The van der Waals surface area contributed by atoms with Gasteiger partial charge in [-0.3, -0.25) is 0 Å². The second-order valence-electron chi connectivity index (χ2n) is 5.06. The van der Waals surface area contributed by atoms with E-state index in [9.17, 15) is 5.11 Å². The van der Waals surface area contributed by atoms with Crippen molar-refractivity contribution in [3.63, 3.8) is 0 Å². The van der Waals surface area contributed by atoms with E-state index < -0.39 is 0 Å². The minimum absolute atomic E-state index is 0.0392. The zero-order valence-corrected chi connectivity index (χ0v) is 10.8. The van der Waals surface area contributed by atoms with E-state index >= 15 is 0 Å². The van der Waals surface area contributed by atoms with Crippen molar-refractivity contribution in [1.29, 1.82) is 0 Å². The molecule has 1 aliphatic carbocycles. The molecular weight excluding hydrogens is 202 g/mol. The second kappa shape index (κ2) is 7.25. The Morgan fingerprint density at radius 1 is 1.38 bits per heavy atom. The lowest BCUT2D eigenvalue weighted by molar-refractivity contribution is 0.124. The molecule has 3 nitrogen and oxygen atoms in total. The summed E-state index contributed by atoms with van der Waals surface area (Å²) in [6.45, 7) is 4.09. The minimum atomic E-state index is -0.0392. The largest absolute Gasteiger partial charge is 0.394 e. The van der Waals surface area contributed by atoms with E-state index in [1.165, 1.54) is 25.7 Å². The maximum Gasteiger partial charge on any atom is 0.0613 e. The Labute approximate surface area is 99.6 Å². The van der Waals surface area contributed by atoms with Gasteiger partial charge in [0.2, 0.25) is 0 Å². The molecule has 0 aromatic carbocycles. The van der Waals surface area contributed by atoms with E-state index in [-0.39, 0.29) is 12.1 Å². The second-order valence-corrected chi connectivity index (χ2v) is 5.06. The van der Waals surface area contributed by atoms with Crippen molar-refractivity contribution in [3.8, 4) is 0 Å². The molecule has 0 aromatic rings. The maximum atomic E-state index is 9.62. The van der Waals surface area contributed by atoms with Gasteiger partial charge >= 0.3 is 0 Å². The average Bonchev–Trinajstić information content (AvgIpc) is 2.52. The normalized spacial score (nSPS) is 31.3. The van der Waals surface area contributed by atoms with E-state index in [0.717, 1.165) is 31.9 Å². The first kappa shape index (κ1) is 13.9. The molecule has 3 heteroatoms. The molecule has 0 radical (unpaired) electrons. The van der Waals surface area contributed by atoms with Gasteiger partial charge in [-0.1, -0.05) is 26.2 Å². The Morgan fingerprint density at radius 3 is 2.81 bits per heavy atom. The molecule has 1 fully saturated rings. The Morgan fingerprint density at radius 2 is 2.19 bits per heavy atom. The fraction of sp³-hybridized carbons (Fsp3) is 1.00. The molecule has 0 aliphatic heterocycles. The van der Waals surface area contributed by atoms with Crippen LogP contribution in [0.25, 0.3) is 0 Å². The summed E-state index contributed by atoms with van der Waals surface area (Å²) in [5, 5.41) is 13.1. The third-order valence-electron chi connectivity index (χ3n) is 3.99. The predicted molar refractivity (Wildman–Crippen MR) is 66.6 cm³/mol. The van der Waals surface area contributed by atoms with Crippen LogP contribution < -0.4 is 5.32 Å². The lowest BCUT2D eigenvalue weighted by Crippen LogP contribution is -2.49. The van der Waals surface area contributed by atoms with Crippen molar-refractivity contribution >= 4 is 0 Å². The van der Waals surface area contributed by atoms with Gasteiger partial charge < -0.3 is 15.2 Å². The van der Waals surface area contributed by atoms with Crippen molar-refractivity contribution in [2.45, 2.75) is 51.0 Å². The number of ether oxygens (including phenoxy) is 1. The van der Waals surface area contributed by atoms with Gasteiger partial charge in [0.1, 0.15) is 0 Å². The summed E-state index contributed by atoms with van der Waals surface area (Å²) in [4.78, 5) is 0. The molecular formula is C13H27NO2. The first-order chi connectivity index (χ1) is 7.76. The van der Waals surface area contributed by atoms with Crippen LogP contribution in [0, 0.1) is 5.92 Å². The maximum absolute atomic E-state index is 9.62. The van der Waals surface area contributed by atoms with Crippen molar-refractivity contribution < 1.29 is 9.84 Å². The predicted octanol–water partition coefficient (Wildman–Crippen LogP) is 1.94. The van der Waals surface area contributed by atoms with Crippen LogP contribution >= 0.6 is 0 Å². The Hall–Kier alpha value is -0.120. The number of rotatable bonds is 6. The lowest BCUT2D eigenvalue weighted by atomic mass is 9.90. The van der Waals surface area contributed by atoms with Crippen LogP contribution in [0.1, 0.15) is 45.4 Å². The highest BCUT2D eigenvalue weighted by molar-refractivity contribution is 4.90. The quantitative estimate of drug-likeness (QED) is 0.540. The molecule has 2 atom stereocenters. The van der Waals surface area contributed by atoms with Gasteiger partial charge in [0.15, 0.2) is 0 Å². The van der Waals surface area contributed by atoms with Crippen LogP contribution in [0.4, 0.5) is 0 Å². The van der Waals surface area contributed by atoms with Crippen molar-refractivity contribution in [2.75, 3.05) is 26.9 Å². The fourth-order valence-electron chi connectivity index (χ4n) is 2.70. The van der Waals surface area contributed by atoms with Gasteiger partial charge in [-0.25, -0.2) is 0 Å². The monoisotopic (exact) mass is 229 g/mol. The molecule has 0 saturated heterocycles. The molecule has 0 spiro atoms. The van der Waals surface area contributed by atoms with Crippen LogP contribution in [0.15, 0.2) is 0 Å². The molecule has 96 valence electrons. The van der Waals surface area contributed by atoms with Crippen LogP contribution in [0.3, 0.4) is 0 Å². The van der Waals surface area contributed by atoms with Gasteiger partial charge in [0.25, 0.3) is 0 Å². The van der Waals surface area contributed by atoms with Crippen LogP contribution in [0.5, 0.6) is 0 Å². The molecule has 16 heavy (non-hydrogen) atoms. The molecule has 1 aliphatic rings. The van der Waals surface area contributed by atoms with Gasteiger partial charge in [-0.2, -0.15) is 0 Å². The molecule has 2 N–H and O–H groups in total. The standard InChI is InChI=1S/C13H27NO2/c1-3-12-5-4-7-13(11-15,8-6-12)14-9-10-16-2/h12,14-15H,3-11H2,1-2H3. The van der Waals surface area contributed by atoms with Gasteiger partial charge in [-0.15, -0.1) is 0 Å². The molecule has 0 heterocycles. The van der Waals surface area contributed by atoms with Crippen LogP contribution in [0.2, 0.25) is 0 Å². The number of aliphatic hydroxyl groups excluding tert-OH is 1. The molecule has 0 amide bonds. The molecule has 0 bridgehead atoms. The molecule has 0 aromatic heterocycles. The first-order valence-electron chi connectivity index (χ1n) is 6.61. The molecule has 2 unspecified atom stereocenters. The summed E-state index contributed by atoms with van der Waals surface area (Å²) in [7, 11) is 1.72. The van der Waals surface area contributed by atoms with E-state index in [2.05, 4.69) is 12.2 Å². The zero-order chi connectivity index (χ0) is 11.9. The highest BCUT2D eigenvalue weighted by Gasteiger charge is 2.31. The van der Waals surface area contributed by atoms with Gasteiger partial charge in [-0.05, 0) is 25.2 Å². The number of hydrogen-bond acceptors (Lipinski definition) is 3. The third-order valence-corrected chi connectivity index (χ3v) is 3.99. The SMILES string of the molecule is CCC1CCCC(CO)(NCCOC)CC1. The lowest BCUT2D eigenvalue weighted by Gasteiger charge is -2.32. The number of nitrogens with one attached hydrogen (secondary N) is 1. The number of hydrogen-bond donors (Lipinski definition) is 2. The molecule has 1 rings (SSSR count). The van der Waals surface area contributed by atoms with Crippen LogP contribution in [-0.4, -0.2) is 37.5 Å². The van der Waals surface area contributed by atoms with E-state index in [4.69, 9.17) is 4.74 Å². The van der Waals surface area contributed by atoms with E-state index in [1.807, 2.05) is 0 Å². The van der Waals surface area contributed by atoms with Crippen molar-refractivity contribution in [2.24, 2.45) is 5.92 Å². The van der Waals surface area contributed by atoms with Crippen LogP contribution in [-0.2, 0) is 4.74 Å². The highest BCUT2D eigenvalue weighted by Crippen LogP contribution is 2.31. The molecule has 1 saturated carbocycles. The number of aliphatic hydroxyl groups is 1. The topological polar surface area (TPSA) is 41.5 Å². The summed E-state index contributed by atoms with van der Waals surface area (Å²) in [5.41, 5.74) is -0.0392. The zero-order valence-electron chi connectivity index (χ0n) is 10.8. The summed E-state index contributed by atoms with van der Waals surface area (Å²) in [6, 6.07) is 0. The average molecular weight is 229 g/mol. The summed E-state index contributed by atoms with van der Waals surface area (Å²) in [5.74, 6) is 0.859. The smallest absolute Gasteiger partial charge is 0.0613 e. The summed E-state index contributed by atoms with van der Waals surface area (Å²) in [6.07, 6.45) is 7.29. The van der Waals surface area contributed by atoms with Gasteiger partial charge in [0, 0.05) is 19.2 Å². The van der Waals surface area contributed by atoms with E-state index in [1.54, 1.807) is 7.11 Å².